The van der Waals surface area contributed by atoms with Crippen LogP contribution >= 0.6 is 15.9 Å². The van der Waals surface area contributed by atoms with Crippen LogP contribution in [-0.4, -0.2) is 29.7 Å². The molecule has 3 N–H and O–H groups in total. The van der Waals surface area contributed by atoms with Crippen LogP contribution in [-0.2, 0) is 4.79 Å². The van der Waals surface area contributed by atoms with Crippen LogP contribution in [0, 0.1) is 0 Å². The van der Waals surface area contributed by atoms with Gasteiger partial charge in [-0.2, -0.15) is 0 Å². The maximum absolute atomic E-state index is 11.2. The number of carboxylic acids is 1. The Kier molecular flexibility index (Phi) is 6.44. The number of carboxylic acid groups (broad SMARTS) is 1. The summed E-state index contributed by atoms with van der Waals surface area (Å²) >= 11 is 3.06. The highest BCUT2D eigenvalue weighted by molar-refractivity contribution is 9.11. The first-order chi connectivity index (χ1) is 6.97. The third-order valence-corrected chi connectivity index (χ3v) is 1.73. The van der Waals surface area contributed by atoms with E-state index in [1.165, 1.54) is 6.08 Å². The van der Waals surface area contributed by atoms with Gasteiger partial charge in [0.15, 0.2) is 0 Å². The van der Waals surface area contributed by atoms with E-state index in [1.807, 2.05) is 0 Å². The van der Waals surface area contributed by atoms with Crippen LogP contribution in [0.15, 0.2) is 23.7 Å². The van der Waals surface area contributed by atoms with Crippen molar-refractivity contribution in [3.63, 3.8) is 0 Å². The highest BCUT2D eigenvalue weighted by atomic mass is 79.9. The highest BCUT2D eigenvalue weighted by Gasteiger charge is 2.17. The number of hydrogen-bond donors (Lipinski definition) is 3. The quantitative estimate of drug-likeness (QED) is 0.639. The molecule has 0 saturated carbocycles. The maximum Gasteiger partial charge on any atom is 0.326 e. The van der Waals surface area contributed by atoms with E-state index in [0.29, 0.717) is 4.48 Å². The summed E-state index contributed by atoms with van der Waals surface area (Å²) < 4.78 is 0.605. The molecule has 0 rings (SSSR count). The first kappa shape index (κ1) is 13.7. The molecule has 0 aliphatic carbocycles. The van der Waals surface area contributed by atoms with Crippen molar-refractivity contribution in [2.75, 3.05) is 6.54 Å². The molecule has 84 valence electrons. The minimum Gasteiger partial charge on any atom is -0.480 e. The normalized spacial score (nSPS) is 11.3. The zero-order chi connectivity index (χ0) is 11.8. The summed E-state index contributed by atoms with van der Waals surface area (Å²) in [5, 5.41) is 13.4. The van der Waals surface area contributed by atoms with Crippen LogP contribution in [0.3, 0.4) is 0 Å². The first-order valence-corrected chi connectivity index (χ1v) is 4.98. The molecule has 0 aromatic heterocycles. The standard InChI is InChI=1S/C9H13BrN2O3/c1-3-4-7(8(13)14)12-9(15)11-5-6(2)10/h3,7H,1-2,4-5H2,(H,13,14)(H2,11,12,15). The van der Waals surface area contributed by atoms with Crippen LogP contribution in [0.4, 0.5) is 4.79 Å². The van der Waals surface area contributed by atoms with Crippen LogP contribution in [0.2, 0.25) is 0 Å². The number of rotatable bonds is 6. The molecule has 1 atom stereocenters. The van der Waals surface area contributed by atoms with Gasteiger partial charge >= 0.3 is 12.0 Å². The second-order valence-electron chi connectivity index (χ2n) is 2.76. The van der Waals surface area contributed by atoms with Gasteiger partial charge in [0.1, 0.15) is 6.04 Å². The van der Waals surface area contributed by atoms with E-state index < -0.39 is 18.0 Å². The van der Waals surface area contributed by atoms with Gasteiger partial charge in [0.2, 0.25) is 0 Å². The SMILES string of the molecule is C=CCC(NC(=O)NCC(=C)Br)C(=O)O. The van der Waals surface area contributed by atoms with Crippen LogP contribution < -0.4 is 10.6 Å². The molecule has 0 aliphatic heterocycles. The molecule has 0 saturated heterocycles. The minimum absolute atomic E-state index is 0.179. The van der Waals surface area contributed by atoms with Gasteiger partial charge < -0.3 is 15.7 Å². The topological polar surface area (TPSA) is 78.4 Å². The summed E-state index contributed by atoms with van der Waals surface area (Å²) in [4.78, 5) is 21.8. The lowest BCUT2D eigenvalue weighted by atomic mass is 10.2. The number of urea groups is 1. The third-order valence-electron chi connectivity index (χ3n) is 1.45. The number of carbonyl (C=O) groups excluding carboxylic acids is 1. The lowest BCUT2D eigenvalue weighted by Gasteiger charge is -2.12. The summed E-state index contributed by atoms with van der Waals surface area (Å²) in [6.07, 6.45) is 1.61. The van der Waals surface area contributed by atoms with Gasteiger partial charge in [0, 0.05) is 4.48 Å². The van der Waals surface area contributed by atoms with Crippen molar-refractivity contribution in [2.24, 2.45) is 0 Å². The Morgan fingerprint density at radius 2 is 2.13 bits per heavy atom. The summed E-state index contributed by atoms with van der Waals surface area (Å²) in [6.45, 7) is 7.17. The molecule has 5 nitrogen and oxygen atoms in total. The second-order valence-corrected chi connectivity index (χ2v) is 3.88. The fraction of sp³-hybridized carbons (Fsp3) is 0.333. The number of carbonyl (C=O) groups is 2. The zero-order valence-corrected chi connectivity index (χ0v) is 9.71. The Morgan fingerprint density at radius 3 is 2.53 bits per heavy atom. The number of hydrogen-bond acceptors (Lipinski definition) is 2. The third kappa shape index (κ3) is 6.73. The summed E-state index contributed by atoms with van der Waals surface area (Å²) in [7, 11) is 0. The fourth-order valence-corrected chi connectivity index (χ4v) is 0.914. The molecule has 6 heteroatoms. The van der Waals surface area contributed by atoms with Gasteiger partial charge in [-0.15, -0.1) is 6.58 Å². The molecule has 0 heterocycles. The van der Waals surface area contributed by atoms with Crippen molar-refractivity contribution in [3.8, 4) is 0 Å². The predicted octanol–water partition coefficient (Wildman–Crippen LogP) is 1.22. The molecule has 1 unspecified atom stereocenters. The molecule has 0 radical (unpaired) electrons. The molecule has 15 heavy (non-hydrogen) atoms. The van der Waals surface area contributed by atoms with E-state index in [4.69, 9.17) is 5.11 Å². The molecule has 0 fully saturated rings. The maximum atomic E-state index is 11.2. The van der Waals surface area contributed by atoms with E-state index >= 15 is 0 Å². The first-order valence-electron chi connectivity index (χ1n) is 4.18. The van der Waals surface area contributed by atoms with Crippen molar-refractivity contribution < 1.29 is 14.7 Å². The number of nitrogens with one attached hydrogen (secondary N) is 2. The zero-order valence-electron chi connectivity index (χ0n) is 8.12. The van der Waals surface area contributed by atoms with Crippen molar-refractivity contribution in [1.29, 1.82) is 0 Å². The molecular weight excluding hydrogens is 264 g/mol. The van der Waals surface area contributed by atoms with Gasteiger partial charge in [-0.3, -0.25) is 0 Å². The average molecular weight is 277 g/mol. The van der Waals surface area contributed by atoms with Crippen LogP contribution in [0.1, 0.15) is 6.42 Å². The lowest BCUT2D eigenvalue weighted by Crippen LogP contribution is -2.46. The largest absolute Gasteiger partial charge is 0.480 e. The summed E-state index contributed by atoms with van der Waals surface area (Å²) in [5.74, 6) is -1.09. The van der Waals surface area contributed by atoms with E-state index in [9.17, 15) is 9.59 Å². The predicted molar refractivity (Wildman–Crippen MR) is 60.8 cm³/mol. The summed E-state index contributed by atoms with van der Waals surface area (Å²) in [5.41, 5.74) is 0. The molecular formula is C9H13BrN2O3. The Balaban J connectivity index is 4.05. The van der Waals surface area contributed by atoms with E-state index in [0.717, 1.165) is 0 Å². The monoisotopic (exact) mass is 276 g/mol. The Morgan fingerprint density at radius 1 is 1.53 bits per heavy atom. The highest BCUT2D eigenvalue weighted by Crippen LogP contribution is 1.97. The Labute approximate surface area is 96.4 Å². The van der Waals surface area contributed by atoms with Crippen molar-refractivity contribution in [2.45, 2.75) is 12.5 Å². The van der Waals surface area contributed by atoms with Crippen molar-refractivity contribution in [3.05, 3.63) is 23.7 Å². The van der Waals surface area contributed by atoms with E-state index in [-0.39, 0.29) is 13.0 Å². The smallest absolute Gasteiger partial charge is 0.326 e. The van der Waals surface area contributed by atoms with Gasteiger partial charge in [0.25, 0.3) is 0 Å². The number of amides is 2. The minimum atomic E-state index is -1.09. The molecule has 0 bridgehead atoms. The molecule has 0 aliphatic rings. The molecule has 0 spiro atoms. The second kappa shape index (κ2) is 7.05. The Bertz CT molecular complexity index is 279. The van der Waals surface area contributed by atoms with Crippen LogP contribution in [0.5, 0.6) is 0 Å². The van der Waals surface area contributed by atoms with E-state index in [1.54, 1.807) is 0 Å². The molecule has 2 amide bonds. The van der Waals surface area contributed by atoms with Gasteiger partial charge in [-0.25, -0.2) is 9.59 Å². The summed E-state index contributed by atoms with van der Waals surface area (Å²) in [6, 6.07) is -1.50. The lowest BCUT2D eigenvalue weighted by molar-refractivity contribution is -0.139. The van der Waals surface area contributed by atoms with Gasteiger partial charge in [-0.1, -0.05) is 28.6 Å². The Hall–Kier alpha value is -1.30. The van der Waals surface area contributed by atoms with Crippen molar-refractivity contribution in [1.82, 2.24) is 10.6 Å². The molecule has 0 aromatic carbocycles. The van der Waals surface area contributed by atoms with Gasteiger partial charge in [0.05, 0.1) is 6.54 Å². The van der Waals surface area contributed by atoms with Crippen LogP contribution in [0.25, 0.3) is 0 Å². The molecule has 0 aromatic rings. The van der Waals surface area contributed by atoms with Gasteiger partial charge in [-0.05, 0) is 6.42 Å². The van der Waals surface area contributed by atoms with E-state index in [2.05, 4.69) is 39.7 Å². The fourth-order valence-electron chi connectivity index (χ4n) is 0.774. The number of halogens is 1. The average Bonchev–Trinajstić information content (AvgIpc) is 2.14. The van der Waals surface area contributed by atoms with Crippen molar-refractivity contribution >= 4 is 27.9 Å². The number of aliphatic carboxylic acids is 1.